The zero-order chi connectivity index (χ0) is 74.3. The number of hydrogen-bond acceptors (Lipinski definition) is 23. The first-order valence-corrected chi connectivity index (χ1v) is 37.7. The van der Waals surface area contributed by atoms with Crippen molar-refractivity contribution in [3.8, 4) is 0 Å². The van der Waals surface area contributed by atoms with Gasteiger partial charge >= 0.3 is 29.8 Å². The lowest BCUT2D eigenvalue weighted by atomic mass is 9.87. The molecule has 102 heavy (non-hydrogen) atoms. The van der Waals surface area contributed by atoms with E-state index in [1.807, 2.05) is 142 Å². The summed E-state index contributed by atoms with van der Waals surface area (Å²) >= 11 is 0. The summed E-state index contributed by atoms with van der Waals surface area (Å²) in [6, 6.07) is 43.7. The molecule has 27 heteroatoms. The lowest BCUT2D eigenvalue weighted by molar-refractivity contribution is -0.383. The van der Waals surface area contributed by atoms with Crippen LogP contribution in [-0.4, -0.2) is 198 Å². The second kappa shape index (κ2) is 35.1. The van der Waals surface area contributed by atoms with Crippen molar-refractivity contribution in [1.82, 2.24) is 10.6 Å². The van der Waals surface area contributed by atoms with Crippen molar-refractivity contribution in [3.05, 3.63) is 170 Å². The molecule has 0 aromatic heterocycles. The third kappa shape index (κ3) is 18.9. The Morgan fingerprint density at radius 3 is 1.47 bits per heavy atom. The van der Waals surface area contributed by atoms with Gasteiger partial charge in [-0.3, -0.25) is 28.8 Å². The van der Waals surface area contributed by atoms with Crippen LogP contribution in [0.15, 0.2) is 164 Å². The van der Waals surface area contributed by atoms with E-state index in [1.165, 1.54) is 13.0 Å². The van der Waals surface area contributed by atoms with E-state index in [0.717, 1.165) is 55.4 Å². The monoisotopic (exact) mass is 1450 g/mol. The van der Waals surface area contributed by atoms with Crippen molar-refractivity contribution in [2.24, 2.45) is 0 Å². The Morgan fingerprint density at radius 1 is 0.569 bits per heavy atom. The van der Waals surface area contributed by atoms with Crippen LogP contribution < -0.4 is 31.4 Å². The Balaban J connectivity index is 1.35. The number of carbonyl (C=O) groups excluding carboxylic acids is 7. The number of amides is 2. The number of ether oxygens (including phenoxy) is 11. The summed E-state index contributed by atoms with van der Waals surface area (Å²) in [5.41, 5.74) is 0.437. The predicted molar refractivity (Wildman–Crippen MR) is 375 cm³/mol. The molecule has 552 valence electrons. The van der Waals surface area contributed by atoms with Gasteiger partial charge in [0, 0.05) is 41.5 Å². The van der Waals surface area contributed by atoms with Gasteiger partial charge in [-0.1, -0.05) is 199 Å². The Kier molecular flexibility index (Phi) is 27.4. The number of esters is 5. The van der Waals surface area contributed by atoms with Crippen molar-refractivity contribution in [3.63, 3.8) is 0 Å². The highest BCUT2D eigenvalue weighted by Crippen LogP contribution is 2.44. The molecule has 16 atom stereocenters. The number of aliphatic hydroxyl groups is 3. The molecular weight excluding hydrogens is 1350 g/mol. The number of rotatable bonds is 29. The highest BCUT2D eigenvalue weighted by molar-refractivity contribution is 7.00. The van der Waals surface area contributed by atoms with Gasteiger partial charge in [-0.15, -0.1) is 6.58 Å². The molecule has 3 fully saturated rings. The van der Waals surface area contributed by atoms with Crippen LogP contribution in [0.4, 0.5) is 0 Å². The van der Waals surface area contributed by atoms with Gasteiger partial charge in [0.15, 0.2) is 24.8 Å². The first-order chi connectivity index (χ1) is 48.4. The molecule has 0 unspecified atom stereocenters. The quantitative estimate of drug-likeness (QED) is 0.0193. The molecule has 0 aliphatic carbocycles. The molecule has 3 aliphatic rings. The number of carbonyl (C=O) groups is 7. The summed E-state index contributed by atoms with van der Waals surface area (Å²) in [4.78, 5) is 95.1. The van der Waals surface area contributed by atoms with E-state index >= 15 is 4.79 Å². The number of aliphatic hydroxyl groups excluding tert-OH is 3. The normalized spacial score (nSPS) is 26.0. The van der Waals surface area contributed by atoms with Crippen LogP contribution in [0.2, 0.25) is 10.1 Å². The number of nitrogens with one attached hydrogen (secondary N) is 2. The van der Waals surface area contributed by atoms with Crippen LogP contribution in [0.25, 0.3) is 0 Å². The number of benzene rings is 5. The minimum absolute atomic E-state index is 0.115. The molecule has 2 amide bonds. The van der Waals surface area contributed by atoms with Crippen molar-refractivity contribution in [2.45, 2.75) is 204 Å². The van der Waals surface area contributed by atoms with Gasteiger partial charge in [0.1, 0.15) is 74.2 Å². The SMILES string of the molecule is C=CCO[C@@H]1O[C@H](CO[Si](c2ccccc2)(c2ccccc2)C(C)(C)C)[C@@H](O[C@@H]2O[C@H](CO[Si](c3ccccc3)(c3ccccc3)C(C)(C)C)[C@H](O)[C@H](O[C@]3(C(=O)OCc4ccccc4)C[C@H](OC(C)=O)[C@@H](NC(C)=O)[C@H]([C@H](OC(C)=O)[C@@H](COC(C)=O)OC(C)=O)O3)[C@H]2O)[C@H](O)[C@H]1NC(C)=O. The van der Waals surface area contributed by atoms with E-state index in [1.54, 1.807) is 30.3 Å². The molecule has 25 nitrogen and oxygen atoms in total. The minimum Gasteiger partial charge on any atom is -0.462 e. The van der Waals surface area contributed by atoms with Gasteiger partial charge < -0.3 is 86.9 Å². The van der Waals surface area contributed by atoms with Gasteiger partial charge in [0.2, 0.25) is 11.8 Å². The number of hydrogen-bond donors (Lipinski definition) is 5. The molecular formula is C75H96N2O23Si2. The van der Waals surface area contributed by atoms with Crippen molar-refractivity contribution < 1.29 is 110 Å². The van der Waals surface area contributed by atoms with Crippen LogP contribution >= 0.6 is 0 Å². The maximum Gasteiger partial charge on any atom is 0.367 e. The van der Waals surface area contributed by atoms with Gasteiger partial charge in [-0.25, -0.2) is 4.79 Å². The fourth-order valence-electron chi connectivity index (χ4n) is 13.7. The summed E-state index contributed by atoms with van der Waals surface area (Å²) in [5.74, 6) is -9.80. The molecule has 3 saturated heterocycles. The van der Waals surface area contributed by atoms with Crippen LogP contribution in [0.1, 0.15) is 95.1 Å². The van der Waals surface area contributed by atoms with Gasteiger partial charge in [-0.2, -0.15) is 0 Å². The summed E-state index contributed by atoms with van der Waals surface area (Å²) in [5, 5.41) is 47.4. The summed E-state index contributed by atoms with van der Waals surface area (Å²) < 4.78 is 84.6. The Labute approximate surface area is 596 Å². The minimum atomic E-state index is -3.63. The van der Waals surface area contributed by atoms with Gasteiger partial charge in [0.05, 0.1) is 32.3 Å². The van der Waals surface area contributed by atoms with E-state index < -0.39 is 192 Å². The van der Waals surface area contributed by atoms with Crippen LogP contribution in [0, 0.1) is 0 Å². The molecule has 5 aromatic carbocycles. The van der Waals surface area contributed by atoms with E-state index in [-0.39, 0.29) is 13.2 Å². The average Bonchev–Trinajstić information content (AvgIpc) is 0.755. The van der Waals surface area contributed by atoms with E-state index in [0.29, 0.717) is 5.56 Å². The lowest BCUT2D eigenvalue weighted by Gasteiger charge is -2.52. The maximum atomic E-state index is 15.9. The van der Waals surface area contributed by atoms with Gasteiger partial charge in [-0.05, 0) is 36.4 Å². The third-order valence-electron chi connectivity index (χ3n) is 18.0. The summed E-state index contributed by atoms with van der Waals surface area (Å²) in [6.07, 6.45) is -23.8. The zero-order valence-corrected chi connectivity index (χ0v) is 61.6. The lowest BCUT2D eigenvalue weighted by Crippen LogP contribution is -2.72. The summed E-state index contributed by atoms with van der Waals surface area (Å²) in [6.45, 7) is 20.2. The first-order valence-electron chi connectivity index (χ1n) is 33.8. The second-order valence-corrected chi connectivity index (χ2v) is 36.1. The largest absolute Gasteiger partial charge is 0.462 e. The van der Waals surface area contributed by atoms with Crippen molar-refractivity contribution in [1.29, 1.82) is 0 Å². The van der Waals surface area contributed by atoms with E-state index in [9.17, 15) is 44.1 Å². The highest BCUT2D eigenvalue weighted by Gasteiger charge is 2.64. The predicted octanol–water partition coefficient (Wildman–Crippen LogP) is 4.24. The second-order valence-electron chi connectivity index (χ2n) is 27.5. The molecule has 5 aromatic rings. The van der Waals surface area contributed by atoms with E-state index in [4.69, 9.17) is 61.0 Å². The Morgan fingerprint density at radius 2 is 1.03 bits per heavy atom. The molecule has 0 bridgehead atoms. The van der Waals surface area contributed by atoms with Crippen LogP contribution in [-0.2, 0) is 101 Å². The zero-order valence-electron chi connectivity index (χ0n) is 59.6. The smallest absolute Gasteiger partial charge is 0.367 e. The van der Waals surface area contributed by atoms with Crippen molar-refractivity contribution in [2.75, 3.05) is 26.4 Å². The molecule has 0 spiro atoms. The highest BCUT2D eigenvalue weighted by atomic mass is 28.4. The van der Waals surface area contributed by atoms with Crippen LogP contribution in [0.5, 0.6) is 0 Å². The maximum absolute atomic E-state index is 15.9. The third-order valence-corrected chi connectivity index (χ3v) is 28.0. The van der Waals surface area contributed by atoms with E-state index in [2.05, 4.69) is 38.0 Å². The molecule has 0 saturated carbocycles. The van der Waals surface area contributed by atoms with Crippen molar-refractivity contribution >= 4 is 79.0 Å². The topological polar surface area (TPSA) is 324 Å². The first kappa shape index (κ1) is 79.8. The Hall–Kier alpha value is -7.88. The fraction of sp³-hybridized carbons (Fsp3) is 0.480. The summed E-state index contributed by atoms with van der Waals surface area (Å²) in [7, 11) is -7.13. The van der Waals surface area contributed by atoms with Gasteiger partial charge in [0.25, 0.3) is 22.4 Å². The Bertz CT molecular complexity index is 3530. The molecule has 0 radical (unpaired) electrons. The van der Waals surface area contributed by atoms with Crippen LogP contribution in [0.3, 0.4) is 0 Å². The molecule has 3 aliphatic heterocycles. The molecule has 5 N–H and O–H groups in total. The molecule has 3 heterocycles. The average molecular weight is 1450 g/mol. The standard InChI is InChI=1S/C75H96N2O23Si2/c1-14-40-88-70-62(77-47(3)79)64(85)66(60(97-70)45-92-102(74(11,12)13,55-36-26-18-27-37-55)56-38-28-19-29-39-56)98-71-65(86)69(63(84)58(96-71)44-91-101(73(8,9)10,53-32-22-16-23-33-53)54-34-24-17-25-35-54)100-75(72(87)90-42-52-30-20-15-21-31-52)41-57(93-49(5)81)61(76-46(2)78)68(99-75)67(95-51(7)83)59(94-50(6)82)43-89-48(4)80/h14-39,57-71,84-86H,1,40-45H2,2-13H3,(H,76,78)(H,77,79)/t57-,58+,59+,60+,61+,62+,63-,64+,65+,66+,67+,68+,69-,70+,71-,75-/m0/s1. The molecule has 8 rings (SSSR count). The fourth-order valence-corrected chi connectivity index (χ4v) is 22.9.